The van der Waals surface area contributed by atoms with Gasteiger partial charge in [-0.15, -0.1) is 11.3 Å². The summed E-state index contributed by atoms with van der Waals surface area (Å²) in [6.45, 7) is 6.34. The van der Waals surface area contributed by atoms with Crippen LogP contribution in [0.1, 0.15) is 38.7 Å². The molecule has 0 unspecified atom stereocenters. The topological polar surface area (TPSA) is 58.2 Å². The third-order valence-electron chi connectivity index (χ3n) is 2.47. The molecule has 0 aliphatic carbocycles. The van der Waals surface area contributed by atoms with Crippen LogP contribution in [0.3, 0.4) is 0 Å². The summed E-state index contributed by atoms with van der Waals surface area (Å²) < 4.78 is 26.9. The van der Waals surface area contributed by atoms with Crippen molar-refractivity contribution in [2.45, 2.75) is 43.9 Å². The van der Waals surface area contributed by atoms with Crippen LogP contribution in [0.4, 0.5) is 0 Å². The standard InChI is InChI=1S/C12H22N2O2S2/c1-3-5-7-14-18(15,16)12-8-11(10-17-12)9-13-6-4-2/h8,10,13-14H,3-7,9H2,1-2H3. The molecule has 0 radical (unpaired) electrons. The molecule has 6 heteroatoms. The molecule has 0 aliphatic heterocycles. The molecule has 104 valence electrons. The highest BCUT2D eigenvalue weighted by molar-refractivity contribution is 7.91. The summed E-state index contributed by atoms with van der Waals surface area (Å²) >= 11 is 1.28. The molecule has 0 spiro atoms. The Bertz CT molecular complexity index is 441. The van der Waals surface area contributed by atoms with Crippen molar-refractivity contribution in [3.63, 3.8) is 0 Å². The molecule has 0 bridgehead atoms. The molecular weight excluding hydrogens is 268 g/mol. The van der Waals surface area contributed by atoms with Crippen LogP contribution in [0.2, 0.25) is 0 Å². The van der Waals surface area contributed by atoms with Gasteiger partial charge in [0.05, 0.1) is 0 Å². The first-order valence-corrected chi connectivity index (χ1v) is 8.74. The van der Waals surface area contributed by atoms with Gasteiger partial charge in [-0.3, -0.25) is 0 Å². The van der Waals surface area contributed by atoms with Gasteiger partial charge in [-0.2, -0.15) is 0 Å². The van der Waals surface area contributed by atoms with Crippen LogP contribution in [-0.2, 0) is 16.6 Å². The van der Waals surface area contributed by atoms with E-state index in [0.717, 1.165) is 37.9 Å². The lowest BCUT2D eigenvalue weighted by Crippen LogP contribution is -2.23. The van der Waals surface area contributed by atoms with E-state index in [9.17, 15) is 8.42 Å². The van der Waals surface area contributed by atoms with Crippen molar-refractivity contribution in [2.24, 2.45) is 0 Å². The summed E-state index contributed by atoms with van der Waals surface area (Å²) in [5.74, 6) is 0. The molecule has 0 amide bonds. The molecule has 1 aromatic rings. The van der Waals surface area contributed by atoms with Crippen LogP contribution in [0, 0.1) is 0 Å². The van der Waals surface area contributed by atoms with Gasteiger partial charge in [0.15, 0.2) is 0 Å². The molecular formula is C12H22N2O2S2. The molecule has 0 fully saturated rings. The normalized spacial score (nSPS) is 11.9. The van der Waals surface area contributed by atoms with Crippen LogP contribution in [0.15, 0.2) is 15.7 Å². The summed E-state index contributed by atoms with van der Waals surface area (Å²) in [5.41, 5.74) is 1.03. The second kappa shape index (κ2) is 7.89. The average Bonchev–Trinajstić information content (AvgIpc) is 2.79. The van der Waals surface area contributed by atoms with Gasteiger partial charge in [0.25, 0.3) is 0 Å². The molecule has 4 nitrogen and oxygen atoms in total. The first-order chi connectivity index (χ1) is 8.60. The summed E-state index contributed by atoms with van der Waals surface area (Å²) in [5, 5.41) is 5.16. The summed E-state index contributed by atoms with van der Waals surface area (Å²) in [6.07, 6.45) is 2.93. The van der Waals surface area contributed by atoms with E-state index in [1.165, 1.54) is 11.3 Å². The van der Waals surface area contributed by atoms with Gasteiger partial charge in [0, 0.05) is 13.1 Å². The fourth-order valence-electron chi connectivity index (χ4n) is 1.45. The maximum absolute atomic E-state index is 11.9. The van der Waals surface area contributed by atoms with Crippen LogP contribution < -0.4 is 10.0 Å². The minimum absolute atomic E-state index is 0.409. The van der Waals surface area contributed by atoms with Crippen LogP contribution in [-0.4, -0.2) is 21.5 Å². The van der Waals surface area contributed by atoms with Gasteiger partial charge in [0.2, 0.25) is 10.0 Å². The molecule has 1 heterocycles. The van der Waals surface area contributed by atoms with Crippen LogP contribution >= 0.6 is 11.3 Å². The van der Waals surface area contributed by atoms with Crippen molar-refractivity contribution in [3.05, 3.63) is 17.0 Å². The van der Waals surface area contributed by atoms with E-state index in [-0.39, 0.29) is 0 Å². The second-order valence-corrected chi connectivity index (χ2v) is 7.11. The Balaban J connectivity index is 2.55. The van der Waals surface area contributed by atoms with E-state index in [1.807, 2.05) is 12.3 Å². The van der Waals surface area contributed by atoms with E-state index in [2.05, 4.69) is 17.0 Å². The summed E-state index contributed by atoms with van der Waals surface area (Å²) in [4.78, 5) is 0. The molecule has 18 heavy (non-hydrogen) atoms. The maximum atomic E-state index is 11.9. The van der Waals surface area contributed by atoms with E-state index in [4.69, 9.17) is 0 Å². The number of rotatable bonds is 9. The third kappa shape index (κ3) is 5.06. The van der Waals surface area contributed by atoms with Gasteiger partial charge >= 0.3 is 0 Å². The number of hydrogen-bond acceptors (Lipinski definition) is 4. The Morgan fingerprint density at radius 2 is 2.00 bits per heavy atom. The van der Waals surface area contributed by atoms with Crippen molar-refractivity contribution < 1.29 is 8.42 Å². The minimum atomic E-state index is -3.30. The number of thiophene rings is 1. The number of hydrogen-bond donors (Lipinski definition) is 2. The van der Waals surface area contributed by atoms with E-state index < -0.39 is 10.0 Å². The highest BCUT2D eigenvalue weighted by Gasteiger charge is 2.15. The first kappa shape index (κ1) is 15.6. The summed E-state index contributed by atoms with van der Waals surface area (Å²) in [7, 11) is -3.30. The lowest BCUT2D eigenvalue weighted by atomic mass is 10.3. The van der Waals surface area contributed by atoms with E-state index in [1.54, 1.807) is 6.07 Å². The highest BCUT2D eigenvalue weighted by atomic mass is 32.2. The molecule has 1 aromatic heterocycles. The molecule has 0 atom stereocenters. The van der Waals surface area contributed by atoms with E-state index in [0.29, 0.717) is 10.8 Å². The third-order valence-corrected chi connectivity index (χ3v) is 5.42. The lowest BCUT2D eigenvalue weighted by Gasteiger charge is -2.03. The van der Waals surface area contributed by atoms with Crippen molar-refractivity contribution in [1.82, 2.24) is 10.0 Å². The van der Waals surface area contributed by atoms with Gasteiger partial charge in [0.1, 0.15) is 4.21 Å². The quantitative estimate of drug-likeness (QED) is 0.686. The van der Waals surface area contributed by atoms with Crippen LogP contribution in [0.5, 0.6) is 0 Å². The molecule has 0 saturated heterocycles. The zero-order chi connectivity index (χ0) is 13.4. The monoisotopic (exact) mass is 290 g/mol. The van der Waals surface area contributed by atoms with E-state index >= 15 is 0 Å². The Morgan fingerprint density at radius 3 is 2.67 bits per heavy atom. The molecule has 2 N–H and O–H groups in total. The molecule has 0 saturated carbocycles. The first-order valence-electron chi connectivity index (χ1n) is 6.38. The second-order valence-electron chi connectivity index (χ2n) is 4.20. The zero-order valence-electron chi connectivity index (χ0n) is 11.0. The number of sulfonamides is 1. The average molecular weight is 290 g/mol. The Labute approximate surface area is 114 Å². The van der Waals surface area contributed by atoms with Crippen molar-refractivity contribution in [1.29, 1.82) is 0 Å². The van der Waals surface area contributed by atoms with Gasteiger partial charge in [-0.25, -0.2) is 13.1 Å². The van der Waals surface area contributed by atoms with Gasteiger partial charge in [-0.1, -0.05) is 20.3 Å². The minimum Gasteiger partial charge on any atom is -0.313 e. The maximum Gasteiger partial charge on any atom is 0.250 e. The fourth-order valence-corrected chi connectivity index (χ4v) is 3.78. The Hall–Kier alpha value is -0.430. The summed E-state index contributed by atoms with van der Waals surface area (Å²) in [6, 6.07) is 1.75. The Morgan fingerprint density at radius 1 is 1.22 bits per heavy atom. The number of nitrogens with one attached hydrogen (secondary N) is 2. The fraction of sp³-hybridized carbons (Fsp3) is 0.667. The number of unbranched alkanes of at least 4 members (excludes halogenated alkanes) is 1. The SMILES string of the molecule is CCCCNS(=O)(=O)c1cc(CNCCC)cs1. The zero-order valence-corrected chi connectivity index (χ0v) is 12.7. The van der Waals surface area contributed by atoms with Crippen molar-refractivity contribution >= 4 is 21.4 Å². The predicted molar refractivity (Wildman–Crippen MR) is 76.4 cm³/mol. The Kier molecular flexibility index (Phi) is 6.85. The largest absolute Gasteiger partial charge is 0.313 e. The van der Waals surface area contributed by atoms with Gasteiger partial charge < -0.3 is 5.32 Å². The highest BCUT2D eigenvalue weighted by Crippen LogP contribution is 2.20. The van der Waals surface area contributed by atoms with Crippen molar-refractivity contribution in [3.8, 4) is 0 Å². The smallest absolute Gasteiger partial charge is 0.250 e. The van der Waals surface area contributed by atoms with Crippen molar-refractivity contribution in [2.75, 3.05) is 13.1 Å². The molecule has 1 rings (SSSR count). The molecule has 0 aliphatic rings. The van der Waals surface area contributed by atoms with Crippen LogP contribution in [0.25, 0.3) is 0 Å². The van der Waals surface area contributed by atoms with Gasteiger partial charge in [-0.05, 0) is 36.4 Å². The molecule has 0 aromatic carbocycles. The predicted octanol–water partition coefficient (Wildman–Crippen LogP) is 2.33. The lowest BCUT2D eigenvalue weighted by molar-refractivity contribution is 0.580.